The second-order valence-corrected chi connectivity index (χ2v) is 17.2. The Kier molecular flexibility index (Phi) is 19.5. The van der Waals surface area contributed by atoms with E-state index in [0.717, 1.165) is 55.1 Å². The maximum Gasteiger partial charge on any atom is 0.337 e. The first-order valence-corrected chi connectivity index (χ1v) is 24.4. The molecule has 19 nitrogen and oxygen atoms in total. The third kappa shape index (κ3) is 14.5. The number of esters is 2. The number of nitrogens with zero attached hydrogens (tertiary/aromatic N) is 5. The van der Waals surface area contributed by atoms with E-state index in [-0.39, 0.29) is 17.8 Å². The van der Waals surface area contributed by atoms with Crippen LogP contribution in [0.1, 0.15) is 47.8 Å². The van der Waals surface area contributed by atoms with Crippen LogP contribution in [-0.4, -0.2) is 112 Å². The highest BCUT2D eigenvalue weighted by atomic mass is 16.5. The van der Waals surface area contributed by atoms with Gasteiger partial charge in [0.2, 0.25) is 0 Å². The van der Waals surface area contributed by atoms with Gasteiger partial charge < -0.3 is 48.9 Å². The molecule has 0 spiro atoms. The monoisotopic (exact) mass is 1070 g/mol. The number of benzene rings is 7. The molecule has 0 aliphatic rings. The molecule has 0 saturated carbocycles. The number of hydrogen-bond acceptors (Lipinski definition) is 15. The van der Waals surface area contributed by atoms with Crippen molar-refractivity contribution in [3.63, 3.8) is 0 Å². The minimum Gasteiger partial charge on any atom is -0.493 e. The summed E-state index contributed by atoms with van der Waals surface area (Å²) in [5, 5.41) is 21.7. The van der Waals surface area contributed by atoms with Gasteiger partial charge in [-0.05, 0) is 77.9 Å². The number of nitrogens with two attached hydrogens (primary N) is 1. The summed E-state index contributed by atoms with van der Waals surface area (Å²) in [6.45, 7) is 1.17. The predicted octanol–water partition coefficient (Wildman–Crippen LogP) is 9.55. The first kappa shape index (κ1) is 56.7. The average Bonchev–Trinajstić information content (AvgIpc) is 4.25. The van der Waals surface area contributed by atoms with Gasteiger partial charge in [0.25, 0.3) is 5.91 Å². The molecule has 0 bridgehead atoms. The molecule has 1 amide bonds. The minimum absolute atomic E-state index is 0.205. The highest BCUT2D eigenvalue weighted by Gasteiger charge is 2.14. The molecule has 4 N–H and O–H groups in total. The Balaban J connectivity index is 0.000000163. The highest BCUT2D eigenvalue weighted by Crippen LogP contribution is 2.34. The number of para-hydroxylation sites is 2. The Morgan fingerprint density at radius 1 is 0.519 bits per heavy atom. The Morgan fingerprint density at radius 2 is 0.924 bits per heavy atom. The number of methoxy groups -OCH3 is 8. The van der Waals surface area contributed by atoms with Gasteiger partial charge in [-0.2, -0.15) is 15.3 Å². The summed E-state index contributed by atoms with van der Waals surface area (Å²) in [6.07, 6.45) is 6.14. The van der Waals surface area contributed by atoms with Crippen LogP contribution < -0.4 is 39.5 Å². The molecule has 0 saturated heterocycles. The molecule has 3 heterocycles. The highest BCUT2D eigenvalue weighted by molar-refractivity contribution is 6.08. The van der Waals surface area contributed by atoms with Gasteiger partial charge in [0.1, 0.15) is 0 Å². The van der Waals surface area contributed by atoms with Crippen molar-refractivity contribution in [2.75, 3.05) is 67.9 Å². The second kappa shape index (κ2) is 27.2. The van der Waals surface area contributed by atoms with Crippen molar-refractivity contribution in [2.45, 2.75) is 19.4 Å². The maximum atomic E-state index is 12.5. The SMILES string of the molecule is COC(=O)c1ccc(Cn2cc3cc(OC)c(OC)cc3n2)cc1.COc1cc2cn(Cc3ccc(C(=O)Nc4ccccc4N)cc3)nc2cc1OC.COc1cc2cn[nH]c2cc1OC.[B]Cc1ccc(C(=O)OC)cc1. The zero-order chi connectivity index (χ0) is 56.4. The van der Waals surface area contributed by atoms with Crippen LogP contribution in [0, 0.1) is 0 Å². The van der Waals surface area contributed by atoms with Crippen LogP contribution in [0.5, 0.6) is 34.5 Å². The fourth-order valence-electron chi connectivity index (χ4n) is 7.94. The van der Waals surface area contributed by atoms with E-state index in [1.807, 2.05) is 107 Å². The van der Waals surface area contributed by atoms with Crippen LogP contribution >= 0.6 is 0 Å². The van der Waals surface area contributed by atoms with E-state index in [2.05, 4.69) is 30.4 Å². The molecule has 404 valence electrons. The molecule has 0 fully saturated rings. The van der Waals surface area contributed by atoms with Crippen molar-refractivity contribution in [1.29, 1.82) is 0 Å². The Bertz CT molecular complexity index is 3540. The van der Waals surface area contributed by atoms with Gasteiger partial charge in [0.15, 0.2) is 34.5 Å². The molecule has 0 aliphatic heterocycles. The quantitative estimate of drug-likeness (QED) is 0.0493. The molecule has 0 aliphatic carbocycles. The molecular weight excluding hydrogens is 1010 g/mol. The van der Waals surface area contributed by atoms with Gasteiger partial charge in [0.05, 0.1) is 123 Å². The number of amides is 1. The van der Waals surface area contributed by atoms with Crippen molar-refractivity contribution in [1.82, 2.24) is 29.8 Å². The number of ether oxygens (including phenoxy) is 8. The normalized spacial score (nSPS) is 10.4. The third-order valence-corrected chi connectivity index (χ3v) is 12.2. The Hall–Kier alpha value is -9.98. The van der Waals surface area contributed by atoms with Crippen molar-refractivity contribution < 1.29 is 52.3 Å². The minimum atomic E-state index is -0.342. The topological polar surface area (TPSA) is 227 Å². The second-order valence-electron chi connectivity index (χ2n) is 17.2. The smallest absolute Gasteiger partial charge is 0.337 e. The summed E-state index contributed by atoms with van der Waals surface area (Å²) in [7, 11) is 17.8. The zero-order valence-corrected chi connectivity index (χ0v) is 44.9. The van der Waals surface area contributed by atoms with E-state index in [1.54, 1.807) is 97.4 Å². The van der Waals surface area contributed by atoms with Crippen LogP contribution in [0.2, 0.25) is 0 Å². The van der Waals surface area contributed by atoms with E-state index in [0.29, 0.717) is 76.2 Å². The molecule has 7 aromatic carbocycles. The number of nitrogen functional groups attached to an aromatic ring is 1. The first-order valence-electron chi connectivity index (χ1n) is 24.4. The number of carbonyl (C=O) groups excluding carboxylic acids is 3. The molecular formula is C59H59BN8O11. The lowest BCUT2D eigenvalue weighted by atomic mass is 9.96. The third-order valence-electron chi connectivity index (χ3n) is 12.2. The number of H-pyrrole nitrogens is 1. The Labute approximate surface area is 457 Å². The average molecular weight is 1070 g/mol. The number of rotatable bonds is 15. The largest absolute Gasteiger partial charge is 0.493 e. The summed E-state index contributed by atoms with van der Waals surface area (Å²) in [5.74, 6) is 3.19. The van der Waals surface area contributed by atoms with Crippen LogP contribution in [0.3, 0.4) is 0 Å². The van der Waals surface area contributed by atoms with Crippen LogP contribution in [0.25, 0.3) is 32.7 Å². The van der Waals surface area contributed by atoms with Gasteiger partial charge in [-0.25, -0.2) is 9.59 Å². The van der Waals surface area contributed by atoms with Crippen molar-refractivity contribution >= 4 is 69.8 Å². The molecule has 79 heavy (non-hydrogen) atoms. The summed E-state index contributed by atoms with van der Waals surface area (Å²) in [4.78, 5) is 34.9. The number of aromatic nitrogens is 6. The zero-order valence-electron chi connectivity index (χ0n) is 44.9. The molecule has 3 aromatic heterocycles. The Morgan fingerprint density at radius 3 is 1.35 bits per heavy atom. The van der Waals surface area contributed by atoms with E-state index in [1.165, 1.54) is 14.2 Å². The number of fused-ring (bicyclic) bond motifs is 3. The maximum absolute atomic E-state index is 12.5. The van der Waals surface area contributed by atoms with Crippen LogP contribution in [0.15, 0.2) is 152 Å². The summed E-state index contributed by atoms with van der Waals surface area (Å²) in [6, 6.07) is 40.1. The number of aromatic amines is 1. The predicted molar refractivity (Wildman–Crippen MR) is 303 cm³/mol. The van der Waals surface area contributed by atoms with E-state index < -0.39 is 0 Å². The number of carbonyl (C=O) groups is 3. The van der Waals surface area contributed by atoms with Gasteiger partial charge in [-0.15, -0.1) is 0 Å². The molecule has 0 unspecified atom stereocenters. The number of anilines is 2. The van der Waals surface area contributed by atoms with Crippen molar-refractivity contribution in [3.8, 4) is 34.5 Å². The van der Waals surface area contributed by atoms with Gasteiger partial charge in [0, 0.05) is 52.3 Å². The number of nitrogens with one attached hydrogen (secondary N) is 2. The van der Waals surface area contributed by atoms with Crippen molar-refractivity contribution in [3.05, 3.63) is 185 Å². The standard InChI is InChI=1S/C23H22N4O3.C18H18N2O4.C9H9BO2.C9H10N2O2/c1-29-21-11-17-14-27(26-20(17)12-22(21)30-2)13-15-7-9-16(10-8-15)23(28)25-19-6-4-3-5-18(19)24;1-22-16-8-14-11-20(19-15(14)9-17(16)23-2)10-12-4-6-13(7-5-12)18(21)24-3;1-12-9(11)8-4-2-7(6-10)3-5-8;1-12-8-3-6-5-10-11-7(6)4-9(8)13-2/h3-12,14H,13,24H2,1-2H3,(H,25,28);4-9,11H,10H2,1-3H3;2-5H,6H2,1H3;3-5H,1-2H3,(H,10,11). The lowest BCUT2D eigenvalue weighted by Crippen LogP contribution is -2.13. The number of hydrogen-bond donors (Lipinski definition) is 3. The summed E-state index contributed by atoms with van der Waals surface area (Å²) < 4.78 is 44.5. The molecule has 10 rings (SSSR count). The molecule has 2 radical (unpaired) electrons. The molecule has 10 aromatic rings. The first-order chi connectivity index (χ1) is 38.3. The lowest BCUT2D eigenvalue weighted by molar-refractivity contribution is 0.0592. The summed E-state index contributed by atoms with van der Waals surface area (Å²) >= 11 is 0. The molecule has 20 heteroatoms. The van der Waals surface area contributed by atoms with E-state index in [9.17, 15) is 14.4 Å². The molecule has 0 atom stereocenters. The summed E-state index contributed by atoms with van der Waals surface area (Å²) in [5.41, 5.74) is 14.3. The van der Waals surface area contributed by atoms with Crippen molar-refractivity contribution in [2.24, 2.45) is 0 Å². The lowest BCUT2D eigenvalue weighted by Gasteiger charge is -2.08. The van der Waals surface area contributed by atoms with Gasteiger partial charge >= 0.3 is 11.9 Å². The van der Waals surface area contributed by atoms with Gasteiger partial charge in [-0.3, -0.25) is 19.3 Å². The van der Waals surface area contributed by atoms with E-state index in [4.69, 9.17) is 46.7 Å². The fourth-order valence-corrected chi connectivity index (χ4v) is 7.94. The van der Waals surface area contributed by atoms with E-state index >= 15 is 0 Å². The van der Waals surface area contributed by atoms with Crippen LogP contribution in [-0.2, 0) is 28.9 Å². The van der Waals surface area contributed by atoms with Gasteiger partial charge in [-0.1, -0.05) is 60.4 Å². The fraction of sp³-hybridized carbons (Fsp3) is 0.186. The van der Waals surface area contributed by atoms with Crippen LogP contribution in [0.4, 0.5) is 11.4 Å².